The number of hydrogen-bond donors (Lipinski definition) is 2. The van der Waals surface area contributed by atoms with E-state index in [4.69, 9.17) is 0 Å². The third-order valence-electron chi connectivity index (χ3n) is 3.73. The van der Waals surface area contributed by atoms with E-state index in [1.54, 1.807) is 0 Å². The summed E-state index contributed by atoms with van der Waals surface area (Å²) in [6.07, 6.45) is 5.72. The summed E-state index contributed by atoms with van der Waals surface area (Å²) in [5, 5.41) is 10.6. The second-order valence-electron chi connectivity index (χ2n) is 5.00. The first kappa shape index (κ1) is 12.3. The van der Waals surface area contributed by atoms with E-state index in [0.717, 1.165) is 31.9 Å². The molecule has 0 aromatic carbocycles. The van der Waals surface area contributed by atoms with Gasteiger partial charge in [0.2, 0.25) is 0 Å². The molecule has 3 heterocycles. The van der Waals surface area contributed by atoms with Gasteiger partial charge < -0.3 is 5.32 Å². The van der Waals surface area contributed by atoms with Crippen molar-refractivity contribution in [1.29, 1.82) is 0 Å². The Morgan fingerprint density at radius 1 is 1.42 bits per heavy atom. The monoisotopic (exact) mass is 257 g/mol. The van der Waals surface area contributed by atoms with Gasteiger partial charge in [0.05, 0.1) is 6.20 Å². The quantitative estimate of drug-likeness (QED) is 0.869. The van der Waals surface area contributed by atoms with E-state index in [1.165, 1.54) is 11.1 Å². The zero-order valence-electron chi connectivity index (χ0n) is 11.1. The molecule has 0 aliphatic carbocycles. The summed E-state index contributed by atoms with van der Waals surface area (Å²) in [6, 6.07) is 4.54. The Kier molecular flexibility index (Phi) is 3.57. The number of rotatable bonds is 3. The van der Waals surface area contributed by atoms with E-state index < -0.39 is 0 Å². The Morgan fingerprint density at radius 2 is 2.37 bits per heavy atom. The predicted octanol–water partition coefficient (Wildman–Crippen LogP) is 1.26. The Balaban J connectivity index is 1.80. The lowest BCUT2D eigenvalue weighted by molar-refractivity contribution is 0.153. The van der Waals surface area contributed by atoms with Crippen molar-refractivity contribution >= 4 is 0 Å². The number of aromatic nitrogens is 3. The highest BCUT2D eigenvalue weighted by molar-refractivity contribution is 5.18. The lowest BCUT2D eigenvalue weighted by Gasteiger charge is -2.36. The number of aryl methyl sites for hydroxylation is 1. The molecule has 1 unspecified atom stereocenters. The molecule has 0 saturated carbocycles. The number of nitrogens with one attached hydrogen (secondary N) is 2. The molecule has 1 aliphatic rings. The Morgan fingerprint density at radius 3 is 3.11 bits per heavy atom. The highest BCUT2D eigenvalue weighted by atomic mass is 15.2. The standard InChI is InChI=1S/C14H19N5/c1-11-13(8-17-18-11)10-19-6-5-16-9-14(19)12-3-2-4-15-7-12/h2-4,7-8,14,16H,5-6,9-10H2,1H3,(H,17,18). The van der Waals surface area contributed by atoms with E-state index in [9.17, 15) is 0 Å². The predicted molar refractivity (Wildman–Crippen MR) is 73.6 cm³/mol. The molecule has 5 nitrogen and oxygen atoms in total. The fourth-order valence-corrected chi connectivity index (χ4v) is 2.59. The molecule has 0 radical (unpaired) electrons. The van der Waals surface area contributed by atoms with E-state index in [0.29, 0.717) is 6.04 Å². The van der Waals surface area contributed by atoms with Gasteiger partial charge in [0.15, 0.2) is 0 Å². The maximum Gasteiger partial charge on any atom is 0.0535 e. The van der Waals surface area contributed by atoms with Crippen LogP contribution >= 0.6 is 0 Å². The highest BCUT2D eigenvalue weighted by Gasteiger charge is 2.24. The van der Waals surface area contributed by atoms with Crippen molar-refractivity contribution in [2.45, 2.75) is 19.5 Å². The van der Waals surface area contributed by atoms with Gasteiger partial charge in [0.1, 0.15) is 0 Å². The van der Waals surface area contributed by atoms with Crippen molar-refractivity contribution < 1.29 is 0 Å². The highest BCUT2D eigenvalue weighted by Crippen LogP contribution is 2.23. The van der Waals surface area contributed by atoms with Crippen molar-refractivity contribution in [3.05, 3.63) is 47.5 Å². The molecule has 1 saturated heterocycles. The minimum Gasteiger partial charge on any atom is -0.314 e. The summed E-state index contributed by atoms with van der Waals surface area (Å²) >= 11 is 0. The van der Waals surface area contributed by atoms with Gasteiger partial charge in [0.25, 0.3) is 0 Å². The Bertz CT molecular complexity index is 522. The Labute approximate surface area is 113 Å². The van der Waals surface area contributed by atoms with Gasteiger partial charge >= 0.3 is 0 Å². The van der Waals surface area contributed by atoms with Crippen LogP contribution in [0.1, 0.15) is 22.9 Å². The van der Waals surface area contributed by atoms with Crippen LogP contribution in [-0.4, -0.2) is 39.7 Å². The average molecular weight is 257 g/mol. The molecule has 1 aliphatic heterocycles. The molecule has 100 valence electrons. The van der Waals surface area contributed by atoms with Crippen molar-refractivity contribution in [2.24, 2.45) is 0 Å². The van der Waals surface area contributed by atoms with Crippen LogP contribution in [0, 0.1) is 6.92 Å². The zero-order chi connectivity index (χ0) is 13.1. The number of H-pyrrole nitrogens is 1. The van der Waals surface area contributed by atoms with Crippen LogP contribution in [0.5, 0.6) is 0 Å². The van der Waals surface area contributed by atoms with Gasteiger partial charge in [-0.15, -0.1) is 0 Å². The second-order valence-corrected chi connectivity index (χ2v) is 5.00. The van der Waals surface area contributed by atoms with Crippen molar-refractivity contribution in [2.75, 3.05) is 19.6 Å². The fourth-order valence-electron chi connectivity index (χ4n) is 2.59. The molecule has 0 bridgehead atoms. The van der Waals surface area contributed by atoms with Gasteiger partial charge in [-0.2, -0.15) is 5.10 Å². The lowest BCUT2D eigenvalue weighted by Crippen LogP contribution is -2.45. The Hall–Kier alpha value is -1.72. The molecular formula is C14H19N5. The SMILES string of the molecule is Cc1[nH]ncc1CN1CCNCC1c1cccnc1. The molecule has 1 fully saturated rings. The second kappa shape index (κ2) is 5.50. The van der Waals surface area contributed by atoms with E-state index in [2.05, 4.69) is 38.4 Å². The topological polar surface area (TPSA) is 56.8 Å². The maximum absolute atomic E-state index is 4.24. The molecule has 2 aromatic rings. The number of hydrogen-bond acceptors (Lipinski definition) is 4. The molecule has 2 N–H and O–H groups in total. The van der Waals surface area contributed by atoms with Gasteiger partial charge in [0, 0.05) is 55.9 Å². The van der Waals surface area contributed by atoms with Gasteiger partial charge in [-0.05, 0) is 18.6 Å². The first-order valence-corrected chi connectivity index (χ1v) is 6.68. The number of nitrogens with zero attached hydrogens (tertiary/aromatic N) is 3. The van der Waals surface area contributed by atoms with Crippen LogP contribution in [0.2, 0.25) is 0 Å². The summed E-state index contributed by atoms with van der Waals surface area (Å²) in [7, 11) is 0. The smallest absolute Gasteiger partial charge is 0.0535 e. The van der Waals surface area contributed by atoms with Crippen molar-refractivity contribution in [3.8, 4) is 0 Å². The molecular weight excluding hydrogens is 238 g/mol. The van der Waals surface area contributed by atoms with Crippen LogP contribution in [0.3, 0.4) is 0 Å². The molecule has 1 atom stereocenters. The third kappa shape index (κ3) is 2.67. The largest absolute Gasteiger partial charge is 0.314 e. The molecule has 2 aromatic heterocycles. The molecule has 0 spiro atoms. The first-order valence-electron chi connectivity index (χ1n) is 6.68. The van der Waals surface area contributed by atoms with Gasteiger partial charge in [-0.1, -0.05) is 6.07 Å². The first-order chi connectivity index (χ1) is 9.34. The van der Waals surface area contributed by atoms with Crippen LogP contribution in [0.15, 0.2) is 30.7 Å². The minimum absolute atomic E-state index is 0.386. The van der Waals surface area contributed by atoms with E-state index in [-0.39, 0.29) is 0 Å². The summed E-state index contributed by atoms with van der Waals surface area (Å²) < 4.78 is 0. The van der Waals surface area contributed by atoms with Crippen LogP contribution in [-0.2, 0) is 6.54 Å². The van der Waals surface area contributed by atoms with Crippen molar-refractivity contribution in [1.82, 2.24) is 25.4 Å². The normalized spacial score (nSPS) is 20.6. The van der Waals surface area contributed by atoms with Crippen molar-refractivity contribution in [3.63, 3.8) is 0 Å². The number of pyridine rings is 1. The lowest BCUT2D eigenvalue weighted by atomic mass is 10.0. The summed E-state index contributed by atoms with van der Waals surface area (Å²) in [5.41, 5.74) is 3.70. The molecule has 0 amide bonds. The van der Waals surface area contributed by atoms with Crippen LogP contribution < -0.4 is 5.32 Å². The number of aromatic amines is 1. The molecule has 5 heteroatoms. The third-order valence-corrected chi connectivity index (χ3v) is 3.73. The van der Waals surface area contributed by atoms with Crippen LogP contribution in [0.25, 0.3) is 0 Å². The van der Waals surface area contributed by atoms with Gasteiger partial charge in [-0.25, -0.2) is 0 Å². The average Bonchev–Trinajstić information content (AvgIpc) is 2.86. The fraction of sp³-hybridized carbons (Fsp3) is 0.429. The minimum atomic E-state index is 0.386. The number of piperazine rings is 1. The summed E-state index contributed by atoms with van der Waals surface area (Å²) in [4.78, 5) is 6.73. The van der Waals surface area contributed by atoms with E-state index >= 15 is 0 Å². The van der Waals surface area contributed by atoms with E-state index in [1.807, 2.05) is 24.7 Å². The van der Waals surface area contributed by atoms with Gasteiger partial charge in [-0.3, -0.25) is 15.0 Å². The maximum atomic E-state index is 4.24. The molecule has 3 rings (SSSR count). The summed E-state index contributed by atoms with van der Waals surface area (Å²) in [6.45, 7) is 6.06. The summed E-state index contributed by atoms with van der Waals surface area (Å²) in [5.74, 6) is 0. The molecule has 19 heavy (non-hydrogen) atoms. The zero-order valence-corrected chi connectivity index (χ0v) is 11.1. The van der Waals surface area contributed by atoms with Crippen LogP contribution in [0.4, 0.5) is 0 Å².